The van der Waals surface area contributed by atoms with Crippen LogP contribution in [0.1, 0.15) is 83.5 Å². The number of hydrogen-bond donors (Lipinski definition) is 1. The highest BCUT2D eigenvalue weighted by Crippen LogP contribution is 2.35. The molecule has 1 spiro atoms. The predicted octanol–water partition coefficient (Wildman–Crippen LogP) is 3.29. The van der Waals surface area contributed by atoms with E-state index in [4.69, 9.17) is 4.74 Å². The lowest BCUT2D eigenvalue weighted by Crippen LogP contribution is -2.44. The van der Waals surface area contributed by atoms with Gasteiger partial charge in [0.05, 0.1) is 0 Å². The Kier molecular flexibility index (Phi) is 5.97. The molecule has 3 rings (SSSR count). The van der Waals surface area contributed by atoms with Crippen LogP contribution in [0.2, 0.25) is 0 Å². The second-order valence-corrected chi connectivity index (χ2v) is 7.74. The Labute approximate surface area is 149 Å². The van der Waals surface area contributed by atoms with Gasteiger partial charge in [-0.3, -0.25) is 14.5 Å². The van der Waals surface area contributed by atoms with Crippen LogP contribution in [0, 0.1) is 0 Å². The van der Waals surface area contributed by atoms with E-state index in [1.54, 1.807) is 0 Å². The van der Waals surface area contributed by atoms with E-state index < -0.39 is 5.54 Å². The van der Waals surface area contributed by atoms with Crippen LogP contribution in [0.3, 0.4) is 0 Å². The highest BCUT2D eigenvalue weighted by Gasteiger charge is 2.52. The number of rotatable bonds is 5. The molecule has 0 aromatic rings. The van der Waals surface area contributed by atoms with Gasteiger partial charge in [-0.2, -0.15) is 0 Å². The molecule has 3 fully saturated rings. The van der Waals surface area contributed by atoms with E-state index in [0.717, 1.165) is 51.4 Å². The Morgan fingerprint density at radius 3 is 2.36 bits per heavy atom. The molecular weight excluding hydrogens is 320 g/mol. The van der Waals surface area contributed by atoms with Gasteiger partial charge in [0, 0.05) is 13.0 Å². The first-order chi connectivity index (χ1) is 12.1. The third kappa shape index (κ3) is 4.33. The lowest BCUT2D eigenvalue weighted by molar-refractivity contribution is -0.150. The van der Waals surface area contributed by atoms with Crippen molar-refractivity contribution < 1.29 is 19.1 Å². The molecule has 140 valence electrons. The number of esters is 1. The van der Waals surface area contributed by atoms with Crippen molar-refractivity contribution in [2.24, 2.45) is 0 Å². The molecule has 6 heteroatoms. The van der Waals surface area contributed by atoms with E-state index in [-0.39, 0.29) is 30.4 Å². The smallest absolute Gasteiger partial charge is 0.325 e. The molecule has 25 heavy (non-hydrogen) atoms. The molecule has 1 heterocycles. The normalized spacial score (nSPS) is 24.2. The van der Waals surface area contributed by atoms with Crippen molar-refractivity contribution in [1.82, 2.24) is 10.2 Å². The van der Waals surface area contributed by atoms with Gasteiger partial charge in [-0.05, 0) is 44.9 Å². The largest absolute Gasteiger partial charge is 0.462 e. The molecule has 0 radical (unpaired) electrons. The lowest BCUT2D eigenvalue weighted by atomic mass is 9.98. The monoisotopic (exact) mass is 350 g/mol. The fourth-order valence-electron chi connectivity index (χ4n) is 4.36. The molecule has 2 aliphatic carbocycles. The van der Waals surface area contributed by atoms with Gasteiger partial charge in [0.1, 0.15) is 11.6 Å². The van der Waals surface area contributed by atoms with Crippen LogP contribution < -0.4 is 5.32 Å². The molecular formula is C19H30N2O4. The van der Waals surface area contributed by atoms with Crippen molar-refractivity contribution in [3.05, 3.63) is 0 Å². The second kappa shape index (κ2) is 8.19. The van der Waals surface area contributed by atoms with Crippen molar-refractivity contribution >= 4 is 17.9 Å². The number of hydrogen-bond acceptors (Lipinski definition) is 4. The summed E-state index contributed by atoms with van der Waals surface area (Å²) in [5, 5.41) is 2.87. The van der Waals surface area contributed by atoms with E-state index in [1.807, 2.05) is 0 Å². The fourth-order valence-corrected chi connectivity index (χ4v) is 4.36. The summed E-state index contributed by atoms with van der Waals surface area (Å²) in [5.74, 6) is -0.309. The first kappa shape index (κ1) is 18.2. The van der Waals surface area contributed by atoms with Crippen LogP contribution in [0.15, 0.2) is 0 Å². The number of nitrogens with zero attached hydrogens (tertiary/aromatic N) is 1. The molecule has 0 aromatic carbocycles. The Bertz CT molecular complexity index is 506. The number of amides is 3. The molecule has 3 amide bonds. The minimum absolute atomic E-state index is 0.0475. The molecule has 0 aromatic heterocycles. The van der Waals surface area contributed by atoms with E-state index >= 15 is 0 Å². The fraction of sp³-hybridized carbons (Fsp3) is 0.842. The third-order valence-corrected chi connectivity index (χ3v) is 5.82. The average Bonchev–Trinajstić information content (AvgIpc) is 3.11. The summed E-state index contributed by atoms with van der Waals surface area (Å²) < 4.78 is 5.60. The highest BCUT2D eigenvalue weighted by atomic mass is 16.5. The average molecular weight is 350 g/mol. The molecule has 2 saturated carbocycles. The quantitative estimate of drug-likeness (QED) is 0.610. The molecule has 1 saturated heterocycles. The van der Waals surface area contributed by atoms with Crippen LogP contribution in [0.4, 0.5) is 4.79 Å². The van der Waals surface area contributed by atoms with Crippen molar-refractivity contribution in [3.8, 4) is 0 Å². The highest BCUT2D eigenvalue weighted by molar-refractivity contribution is 6.07. The van der Waals surface area contributed by atoms with Crippen molar-refractivity contribution in [3.63, 3.8) is 0 Å². The van der Waals surface area contributed by atoms with Gasteiger partial charge in [-0.1, -0.05) is 32.1 Å². The van der Waals surface area contributed by atoms with Gasteiger partial charge in [0.15, 0.2) is 0 Å². The summed E-state index contributed by atoms with van der Waals surface area (Å²) in [7, 11) is 0. The van der Waals surface area contributed by atoms with Crippen molar-refractivity contribution in [2.75, 3.05) is 6.54 Å². The van der Waals surface area contributed by atoms with Crippen LogP contribution in [0.25, 0.3) is 0 Å². The van der Waals surface area contributed by atoms with Gasteiger partial charge in [-0.25, -0.2) is 4.79 Å². The number of ether oxygens (including phenoxy) is 1. The Balaban J connectivity index is 1.40. The minimum Gasteiger partial charge on any atom is -0.462 e. The zero-order valence-corrected chi connectivity index (χ0v) is 15.1. The van der Waals surface area contributed by atoms with Gasteiger partial charge in [0.2, 0.25) is 0 Å². The van der Waals surface area contributed by atoms with Gasteiger partial charge < -0.3 is 10.1 Å². The number of carbonyl (C=O) groups is 3. The van der Waals surface area contributed by atoms with Crippen LogP contribution >= 0.6 is 0 Å². The van der Waals surface area contributed by atoms with Crippen LogP contribution in [-0.4, -0.2) is 41.0 Å². The summed E-state index contributed by atoms with van der Waals surface area (Å²) >= 11 is 0. The number of urea groups is 1. The summed E-state index contributed by atoms with van der Waals surface area (Å²) in [4.78, 5) is 38.0. The minimum atomic E-state index is -0.656. The van der Waals surface area contributed by atoms with Gasteiger partial charge >= 0.3 is 12.0 Å². The van der Waals surface area contributed by atoms with Crippen LogP contribution in [0.5, 0.6) is 0 Å². The van der Waals surface area contributed by atoms with E-state index in [1.165, 1.54) is 24.2 Å². The zero-order valence-electron chi connectivity index (χ0n) is 15.1. The SMILES string of the molecule is O=C(CCCN1C(=O)NC2(CCCC2)C1=O)OC1CCCCCCC1. The van der Waals surface area contributed by atoms with Gasteiger partial charge in [0.25, 0.3) is 5.91 Å². The number of carbonyl (C=O) groups excluding carboxylic acids is 3. The van der Waals surface area contributed by atoms with E-state index in [2.05, 4.69) is 5.32 Å². The van der Waals surface area contributed by atoms with Crippen molar-refractivity contribution in [2.45, 2.75) is 95.1 Å². The zero-order chi connectivity index (χ0) is 17.7. The third-order valence-electron chi connectivity index (χ3n) is 5.82. The van der Waals surface area contributed by atoms with E-state index in [9.17, 15) is 14.4 Å². The molecule has 1 N–H and O–H groups in total. The Morgan fingerprint density at radius 1 is 1.04 bits per heavy atom. The maximum Gasteiger partial charge on any atom is 0.325 e. The molecule has 3 aliphatic rings. The predicted molar refractivity (Wildman–Crippen MR) is 92.9 cm³/mol. The topological polar surface area (TPSA) is 75.7 Å². The first-order valence-electron chi connectivity index (χ1n) is 9.94. The summed E-state index contributed by atoms with van der Waals surface area (Å²) in [6, 6.07) is -0.305. The maximum atomic E-state index is 12.5. The van der Waals surface area contributed by atoms with E-state index in [0.29, 0.717) is 13.0 Å². The van der Waals surface area contributed by atoms with Crippen LogP contribution in [-0.2, 0) is 14.3 Å². The van der Waals surface area contributed by atoms with Gasteiger partial charge in [-0.15, -0.1) is 0 Å². The summed E-state index contributed by atoms with van der Waals surface area (Å²) in [6.45, 7) is 0.298. The molecule has 0 bridgehead atoms. The number of imide groups is 1. The van der Waals surface area contributed by atoms with Crippen molar-refractivity contribution in [1.29, 1.82) is 0 Å². The molecule has 1 aliphatic heterocycles. The first-order valence-corrected chi connectivity index (χ1v) is 9.94. The lowest BCUT2D eigenvalue weighted by Gasteiger charge is -2.21. The Morgan fingerprint density at radius 2 is 1.68 bits per heavy atom. The molecule has 0 unspecified atom stereocenters. The number of nitrogens with one attached hydrogen (secondary N) is 1. The summed E-state index contributed by atoms with van der Waals surface area (Å²) in [6.07, 6.45) is 12.1. The second-order valence-electron chi connectivity index (χ2n) is 7.74. The standard InChI is InChI=1S/C19H30N2O4/c22-16(25-15-9-4-2-1-3-5-10-15)11-8-14-21-17(23)19(20-18(21)24)12-6-7-13-19/h15H,1-14H2,(H,20,24). The maximum absolute atomic E-state index is 12.5. The molecule has 0 atom stereocenters. The summed E-state index contributed by atoms with van der Waals surface area (Å²) in [5.41, 5.74) is -0.656. The molecule has 6 nitrogen and oxygen atoms in total. The Hall–Kier alpha value is -1.59.